The molecule has 1 fully saturated rings. The molecule has 4 heterocycles. The fourth-order valence-electron chi connectivity index (χ4n) is 2.95. The number of nitrogens with one attached hydrogen (secondary N) is 1. The fraction of sp³-hybridized carbons (Fsp3) is 0.353. The van der Waals surface area contributed by atoms with Crippen molar-refractivity contribution in [1.29, 1.82) is 0 Å². The minimum absolute atomic E-state index is 0.429. The van der Waals surface area contributed by atoms with E-state index in [9.17, 15) is 0 Å². The number of hydrogen-bond donors (Lipinski definition) is 1. The minimum Gasteiger partial charge on any atom is -0.467 e. The molecule has 0 atom stereocenters. The van der Waals surface area contributed by atoms with Crippen LogP contribution in [0.15, 0.2) is 35.1 Å². The molecule has 1 saturated heterocycles. The average Bonchev–Trinajstić information content (AvgIpc) is 3.14. The van der Waals surface area contributed by atoms with Crippen LogP contribution in [0.5, 0.6) is 0 Å². The van der Waals surface area contributed by atoms with Crippen molar-refractivity contribution in [2.24, 2.45) is 0 Å². The van der Waals surface area contributed by atoms with Crippen molar-refractivity contribution in [2.45, 2.75) is 25.8 Å². The molecule has 6 nitrogen and oxygen atoms in total. The zero-order valence-electron chi connectivity index (χ0n) is 13.2. The van der Waals surface area contributed by atoms with Gasteiger partial charge < -0.3 is 14.6 Å². The second kappa shape index (κ2) is 6.65. The van der Waals surface area contributed by atoms with Crippen LogP contribution in [0.1, 0.15) is 25.0 Å². The highest BCUT2D eigenvalue weighted by Crippen LogP contribution is 2.27. The first-order valence-corrected chi connectivity index (χ1v) is 8.52. The highest BCUT2D eigenvalue weighted by Gasteiger charge is 2.17. The van der Waals surface area contributed by atoms with E-state index in [2.05, 4.69) is 20.2 Å². The summed E-state index contributed by atoms with van der Waals surface area (Å²) in [4.78, 5) is 15.8. The van der Waals surface area contributed by atoms with E-state index in [1.165, 1.54) is 19.3 Å². The van der Waals surface area contributed by atoms with Crippen LogP contribution < -0.4 is 10.2 Å². The van der Waals surface area contributed by atoms with Crippen molar-refractivity contribution in [3.8, 4) is 0 Å². The maximum Gasteiger partial charge on any atom is 0.227 e. The SMILES string of the molecule is Clc1cc2c(NCc3ccco3)nc(N3CCCCC3)nc2cn1. The van der Waals surface area contributed by atoms with Crippen LogP contribution in [-0.2, 0) is 6.54 Å². The lowest BCUT2D eigenvalue weighted by molar-refractivity contribution is 0.518. The normalized spacial score (nSPS) is 15.0. The van der Waals surface area contributed by atoms with E-state index in [4.69, 9.17) is 21.0 Å². The molecule has 0 aliphatic carbocycles. The molecule has 3 aromatic rings. The number of furan rings is 1. The molecule has 0 spiro atoms. The molecule has 0 unspecified atom stereocenters. The summed E-state index contributed by atoms with van der Waals surface area (Å²) < 4.78 is 5.38. The number of anilines is 2. The van der Waals surface area contributed by atoms with Crippen LogP contribution in [0.2, 0.25) is 5.15 Å². The Hall–Kier alpha value is -2.34. The van der Waals surface area contributed by atoms with Gasteiger partial charge in [-0.05, 0) is 37.5 Å². The van der Waals surface area contributed by atoms with E-state index in [-0.39, 0.29) is 0 Å². The van der Waals surface area contributed by atoms with Gasteiger partial charge in [-0.2, -0.15) is 4.98 Å². The van der Waals surface area contributed by atoms with Crippen molar-refractivity contribution in [3.63, 3.8) is 0 Å². The molecule has 0 bridgehead atoms. The summed E-state index contributed by atoms with van der Waals surface area (Å²) in [5.41, 5.74) is 0.789. The van der Waals surface area contributed by atoms with Gasteiger partial charge in [0, 0.05) is 18.5 Å². The van der Waals surface area contributed by atoms with Crippen molar-refractivity contribution in [1.82, 2.24) is 15.0 Å². The Bertz CT molecular complexity index is 830. The highest BCUT2D eigenvalue weighted by atomic mass is 35.5. The molecule has 24 heavy (non-hydrogen) atoms. The molecule has 0 aromatic carbocycles. The van der Waals surface area contributed by atoms with E-state index in [0.717, 1.165) is 41.5 Å². The molecule has 7 heteroatoms. The maximum atomic E-state index is 6.06. The number of nitrogens with zero attached hydrogens (tertiary/aromatic N) is 4. The summed E-state index contributed by atoms with van der Waals surface area (Å²) >= 11 is 6.06. The van der Waals surface area contributed by atoms with E-state index >= 15 is 0 Å². The van der Waals surface area contributed by atoms with Gasteiger partial charge in [-0.25, -0.2) is 9.97 Å². The van der Waals surface area contributed by atoms with Gasteiger partial charge in [0.15, 0.2) is 0 Å². The smallest absolute Gasteiger partial charge is 0.227 e. The van der Waals surface area contributed by atoms with Gasteiger partial charge in [0.1, 0.15) is 16.7 Å². The molecule has 4 rings (SSSR count). The molecule has 124 valence electrons. The quantitative estimate of drug-likeness (QED) is 0.725. The molecule has 1 aliphatic heterocycles. The number of piperidine rings is 1. The minimum atomic E-state index is 0.429. The average molecular weight is 344 g/mol. The predicted octanol–water partition coefficient (Wildman–Crippen LogP) is 3.87. The third-order valence-corrected chi connectivity index (χ3v) is 4.39. The Labute approximate surface area is 144 Å². The molecule has 0 radical (unpaired) electrons. The number of aromatic nitrogens is 3. The molecule has 3 aromatic heterocycles. The van der Waals surface area contributed by atoms with E-state index in [0.29, 0.717) is 11.7 Å². The second-order valence-corrected chi connectivity index (χ2v) is 6.26. The zero-order valence-corrected chi connectivity index (χ0v) is 14.0. The maximum absolute atomic E-state index is 6.06. The van der Waals surface area contributed by atoms with Crippen molar-refractivity contribution >= 4 is 34.3 Å². The largest absolute Gasteiger partial charge is 0.467 e. The molecule has 1 N–H and O–H groups in total. The van der Waals surface area contributed by atoms with Crippen LogP contribution in [-0.4, -0.2) is 28.0 Å². The summed E-state index contributed by atoms with van der Waals surface area (Å²) in [5, 5.41) is 4.63. The number of halogens is 1. The van der Waals surface area contributed by atoms with Gasteiger partial charge in [-0.1, -0.05) is 11.6 Å². The summed E-state index contributed by atoms with van der Waals surface area (Å²) in [6.07, 6.45) is 6.98. The Balaban J connectivity index is 1.71. The standard InChI is InChI=1S/C17H18ClN5O/c18-15-9-13-14(11-19-15)21-17(23-6-2-1-3-7-23)22-16(13)20-10-12-5-4-8-24-12/h4-5,8-9,11H,1-3,6-7,10H2,(H,20,21,22). The summed E-state index contributed by atoms with van der Waals surface area (Å²) in [6, 6.07) is 5.59. The molecule has 0 saturated carbocycles. The first-order valence-electron chi connectivity index (χ1n) is 8.14. The lowest BCUT2D eigenvalue weighted by atomic mass is 10.1. The molecule has 0 amide bonds. The molecular formula is C17H18ClN5O. The Morgan fingerprint density at radius 3 is 2.88 bits per heavy atom. The first-order chi connectivity index (χ1) is 11.8. The van der Waals surface area contributed by atoms with E-state index in [1.54, 1.807) is 18.5 Å². The van der Waals surface area contributed by atoms with Gasteiger partial charge in [0.2, 0.25) is 5.95 Å². The van der Waals surface area contributed by atoms with Crippen LogP contribution in [0, 0.1) is 0 Å². The Kier molecular flexibility index (Phi) is 4.21. The van der Waals surface area contributed by atoms with E-state index < -0.39 is 0 Å². The number of fused-ring (bicyclic) bond motifs is 1. The van der Waals surface area contributed by atoms with Crippen LogP contribution in [0.3, 0.4) is 0 Å². The fourth-order valence-corrected chi connectivity index (χ4v) is 3.11. The lowest BCUT2D eigenvalue weighted by Crippen LogP contribution is -2.31. The third kappa shape index (κ3) is 3.14. The Morgan fingerprint density at radius 2 is 2.08 bits per heavy atom. The number of rotatable bonds is 4. The monoisotopic (exact) mass is 343 g/mol. The lowest BCUT2D eigenvalue weighted by Gasteiger charge is -2.27. The van der Waals surface area contributed by atoms with Crippen molar-refractivity contribution in [2.75, 3.05) is 23.3 Å². The van der Waals surface area contributed by atoms with Gasteiger partial charge in [0.05, 0.1) is 24.5 Å². The Morgan fingerprint density at radius 1 is 1.21 bits per heavy atom. The van der Waals surface area contributed by atoms with Crippen LogP contribution >= 0.6 is 11.6 Å². The second-order valence-electron chi connectivity index (χ2n) is 5.88. The molecule has 1 aliphatic rings. The summed E-state index contributed by atoms with van der Waals surface area (Å²) in [6.45, 7) is 2.53. The van der Waals surface area contributed by atoms with Gasteiger partial charge >= 0.3 is 0 Å². The summed E-state index contributed by atoms with van der Waals surface area (Å²) in [5.74, 6) is 2.34. The van der Waals surface area contributed by atoms with Gasteiger partial charge in [-0.3, -0.25) is 0 Å². The number of pyridine rings is 1. The van der Waals surface area contributed by atoms with Crippen molar-refractivity contribution < 1.29 is 4.42 Å². The van der Waals surface area contributed by atoms with Crippen molar-refractivity contribution in [3.05, 3.63) is 41.6 Å². The predicted molar refractivity (Wildman–Crippen MR) is 94.4 cm³/mol. The topological polar surface area (TPSA) is 67.1 Å². The molecular weight excluding hydrogens is 326 g/mol. The number of hydrogen-bond acceptors (Lipinski definition) is 6. The van der Waals surface area contributed by atoms with Gasteiger partial charge in [-0.15, -0.1) is 0 Å². The summed E-state index contributed by atoms with van der Waals surface area (Å²) in [7, 11) is 0. The zero-order chi connectivity index (χ0) is 16.4. The van der Waals surface area contributed by atoms with E-state index in [1.807, 2.05) is 12.1 Å². The van der Waals surface area contributed by atoms with Crippen LogP contribution in [0.4, 0.5) is 11.8 Å². The first kappa shape index (κ1) is 15.2. The van der Waals surface area contributed by atoms with Gasteiger partial charge in [0.25, 0.3) is 0 Å². The van der Waals surface area contributed by atoms with Crippen LogP contribution in [0.25, 0.3) is 10.9 Å². The highest BCUT2D eigenvalue weighted by molar-refractivity contribution is 6.30. The third-order valence-electron chi connectivity index (χ3n) is 4.19.